The Morgan fingerprint density at radius 2 is 1.81 bits per heavy atom. The summed E-state index contributed by atoms with van der Waals surface area (Å²) in [7, 11) is 2.82. The van der Waals surface area contributed by atoms with Gasteiger partial charge in [0.1, 0.15) is 5.82 Å². The lowest BCUT2D eigenvalue weighted by Gasteiger charge is -2.08. The molecule has 0 atom stereocenters. The predicted octanol–water partition coefficient (Wildman–Crippen LogP) is 1.47. The fraction of sp³-hybridized carbons (Fsp3) is 0.154. The average Bonchev–Trinajstić information content (AvgIpc) is 2.46. The van der Waals surface area contributed by atoms with Gasteiger partial charge in [-0.25, -0.2) is 4.39 Å². The summed E-state index contributed by atoms with van der Waals surface area (Å²) in [6.07, 6.45) is 0. The summed E-state index contributed by atoms with van der Waals surface area (Å²) in [6.45, 7) is 0. The van der Waals surface area contributed by atoms with Gasteiger partial charge in [0.2, 0.25) is 17.7 Å². The van der Waals surface area contributed by atoms with Crippen molar-refractivity contribution < 1.29 is 18.7 Å². The number of halogens is 1. The van der Waals surface area contributed by atoms with Crippen LogP contribution in [0, 0.1) is 5.82 Å². The molecule has 1 aromatic heterocycles. The number of nitrogens with two attached hydrogens (primary N) is 1. The van der Waals surface area contributed by atoms with Gasteiger partial charge in [0.15, 0.2) is 0 Å². The van der Waals surface area contributed by atoms with E-state index in [1.165, 1.54) is 32.4 Å². The lowest BCUT2D eigenvalue weighted by molar-refractivity contribution is 0.102. The van der Waals surface area contributed by atoms with E-state index in [-0.39, 0.29) is 29.0 Å². The minimum Gasteiger partial charge on any atom is -0.481 e. The highest BCUT2D eigenvalue weighted by Gasteiger charge is 2.14. The number of rotatable bonds is 4. The summed E-state index contributed by atoms with van der Waals surface area (Å²) >= 11 is 0. The van der Waals surface area contributed by atoms with E-state index in [4.69, 9.17) is 15.2 Å². The number of nitrogens with one attached hydrogen (secondary N) is 1. The maximum absolute atomic E-state index is 13.7. The van der Waals surface area contributed by atoms with E-state index >= 15 is 0 Å². The summed E-state index contributed by atoms with van der Waals surface area (Å²) in [4.78, 5) is 19.8. The third kappa shape index (κ3) is 3.35. The van der Waals surface area contributed by atoms with E-state index in [0.29, 0.717) is 0 Å². The number of amides is 1. The van der Waals surface area contributed by atoms with Crippen molar-refractivity contribution in [1.82, 2.24) is 9.97 Å². The Morgan fingerprint density at radius 3 is 2.33 bits per heavy atom. The van der Waals surface area contributed by atoms with E-state index in [1.807, 2.05) is 0 Å². The van der Waals surface area contributed by atoms with Crippen LogP contribution in [0.2, 0.25) is 0 Å². The van der Waals surface area contributed by atoms with Gasteiger partial charge in [-0.1, -0.05) is 0 Å². The first-order valence-electron chi connectivity index (χ1n) is 5.87. The Balaban J connectivity index is 2.26. The van der Waals surface area contributed by atoms with Crippen LogP contribution in [0.3, 0.4) is 0 Å². The van der Waals surface area contributed by atoms with Gasteiger partial charge in [0.05, 0.1) is 25.8 Å². The highest BCUT2D eigenvalue weighted by Crippen LogP contribution is 2.18. The number of ether oxygens (including phenoxy) is 2. The largest absolute Gasteiger partial charge is 0.481 e. The van der Waals surface area contributed by atoms with Crippen molar-refractivity contribution in [2.24, 2.45) is 0 Å². The maximum atomic E-state index is 13.7. The summed E-state index contributed by atoms with van der Waals surface area (Å²) in [5, 5.41) is 2.37. The van der Waals surface area contributed by atoms with Gasteiger partial charge in [0.25, 0.3) is 5.91 Å². The lowest BCUT2D eigenvalue weighted by atomic mass is 10.2. The molecule has 1 amide bonds. The van der Waals surface area contributed by atoms with Crippen molar-refractivity contribution in [3.8, 4) is 11.8 Å². The first kappa shape index (κ1) is 14.5. The quantitative estimate of drug-likeness (QED) is 0.828. The number of aromatic nitrogens is 2. The molecule has 8 heteroatoms. The van der Waals surface area contributed by atoms with Gasteiger partial charge in [-0.05, 0) is 18.2 Å². The second-order valence-electron chi connectivity index (χ2n) is 3.97. The van der Waals surface area contributed by atoms with E-state index in [0.717, 1.165) is 6.07 Å². The molecule has 1 aromatic carbocycles. The third-order valence-corrected chi connectivity index (χ3v) is 2.56. The molecule has 0 aliphatic rings. The molecule has 0 fully saturated rings. The monoisotopic (exact) mass is 292 g/mol. The molecular weight excluding hydrogens is 279 g/mol. The first-order chi connectivity index (χ1) is 10.0. The number of hydrogen-bond donors (Lipinski definition) is 2. The van der Waals surface area contributed by atoms with Gasteiger partial charge in [-0.2, -0.15) is 9.97 Å². The molecule has 7 nitrogen and oxygen atoms in total. The van der Waals surface area contributed by atoms with E-state index in [2.05, 4.69) is 15.3 Å². The Kier molecular flexibility index (Phi) is 4.17. The number of carbonyl (C=O) groups excluding carboxylic acids is 1. The van der Waals surface area contributed by atoms with Crippen LogP contribution in [0.1, 0.15) is 10.4 Å². The van der Waals surface area contributed by atoms with Crippen LogP contribution in [0.15, 0.2) is 24.3 Å². The topological polar surface area (TPSA) is 99.4 Å². The van der Waals surface area contributed by atoms with Crippen molar-refractivity contribution in [3.63, 3.8) is 0 Å². The average molecular weight is 292 g/mol. The highest BCUT2D eigenvalue weighted by molar-refractivity contribution is 6.03. The van der Waals surface area contributed by atoms with E-state index in [9.17, 15) is 9.18 Å². The Labute approximate surface area is 119 Å². The minimum absolute atomic E-state index is 0.0626. The van der Waals surface area contributed by atoms with Gasteiger partial charge < -0.3 is 15.2 Å². The number of benzene rings is 1. The van der Waals surface area contributed by atoms with Crippen LogP contribution >= 0.6 is 0 Å². The number of anilines is 2. The fourth-order valence-electron chi connectivity index (χ4n) is 1.55. The summed E-state index contributed by atoms with van der Waals surface area (Å²) in [5.41, 5.74) is 5.48. The molecule has 0 radical (unpaired) electrons. The number of carbonyl (C=O) groups is 1. The Bertz CT molecular complexity index is 656. The minimum atomic E-state index is -0.734. The summed E-state index contributed by atoms with van der Waals surface area (Å²) in [5.74, 6) is -1.09. The van der Waals surface area contributed by atoms with E-state index in [1.54, 1.807) is 0 Å². The molecule has 0 aliphatic heterocycles. The standard InChI is InChI=1S/C13H13FN4O3/c1-20-10-6-11(21-2)17-13(16-10)18-12(19)8-4-3-7(15)5-9(8)14/h3-6H,15H2,1-2H3,(H,16,17,18,19). The molecule has 2 aromatic rings. The van der Waals surface area contributed by atoms with Crippen LogP contribution in [-0.2, 0) is 0 Å². The molecule has 110 valence electrons. The number of methoxy groups -OCH3 is 2. The molecule has 0 spiro atoms. The second-order valence-corrected chi connectivity index (χ2v) is 3.97. The molecule has 3 N–H and O–H groups in total. The Morgan fingerprint density at radius 1 is 1.19 bits per heavy atom. The van der Waals surface area contributed by atoms with Crippen LogP contribution in [0.5, 0.6) is 11.8 Å². The van der Waals surface area contributed by atoms with Crippen molar-refractivity contribution in [1.29, 1.82) is 0 Å². The van der Waals surface area contributed by atoms with Crippen LogP contribution in [0.25, 0.3) is 0 Å². The molecule has 0 saturated heterocycles. The molecule has 0 bridgehead atoms. The zero-order valence-corrected chi connectivity index (χ0v) is 11.4. The van der Waals surface area contributed by atoms with Gasteiger partial charge in [-0.15, -0.1) is 0 Å². The zero-order valence-electron chi connectivity index (χ0n) is 11.4. The van der Waals surface area contributed by atoms with Crippen LogP contribution in [-0.4, -0.2) is 30.1 Å². The van der Waals surface area contributed by atoms with Crippen molar-refractivity contribution >= 4 is 17.5 Å². The molecule has 21 heavy (non-hydrogen) atoms. The molecule has 0 saturated carbocycles. The van der Waals surface area contributed by atoms with E-state index < -0.39 is 11.7 Å². The van der Waals surface area contributed by atoms with Gasteiger partial charge in [-0.3, -0.25) is 10.1 Å². The summed E-state index contributed by atoms with van der Waals surface area (Å²) < 4.78 is 23.6. The van der Waals surface area contributed by atoms with Crippen molar-refractivity contribution in [2.45, 2.75) is 0 Å². The molecule has 1 heterocycles. The van der Waals surface area contributed by atoms with Crippen molar-refractivity contribution in [3.05, 3.63) is 35.6 Å². The molecular formula is C13H13FN4O3. The third-order valence-electron chi connectivity index (χ3n) is 2.56. The smallest absolute Gasteiger partial charge is 0.260 e. The Hall–Kier alpha value is -2.90. The molecule has 0 aliphatic carbocycles. The fourth-order valence-corrected chi connectivity index (χ4v) is 1.55. The highest BCUT2D eigenvalue weighted by atomic mass is 19.1. The second kappa shape index (κ2) is 6.04. The van der Waals surface area contributed by atoms with Gasteiger partial charge >= 0.3 is 0 Å². The van der Waals surface area contributed by atoms with Gasteiger partial charge in [0, 0.05) is 5.69 Å². The maximum Gasteiger partial charge on any atom is 0.260 e. The van der Waals surface area contributed by atoms with Crippen LogP contribution in [0.4, 0.5) is 16.0 Å². The van der Waals surface area contributed by atoms with Crippen LogP contribution < -0.4 is 20.5 Å². The lowest BCUT2D eigenvalue weighted by Crippen LogP contribution is -2.16. The first-order valence-corrected chi connectivity index (χ1v) is 5.87. The summed E-state index contributed by atoms with van der Waals surface area (Å²) in [6, 6.07) is 5.20. The SMILES string of the molecule is COc1cc(OC)nc(NC(=O)c2ccc(N)cc2F)n1. The normalized spacial score (nSPS) is 10.0. The predicted molar refractivity (Wildman–Crippen MR) is 73.9 cm³/mol. The van der Waals surface area contributed by atoms with Crippen molar-refractivity contribution in [2.75, 3.05) is 25.3 Å². The number of nitrogens with zero attached hydrogens (tertiary/aromatic N) is 2. The number of hydrogen-bond acceptors (Lipinski definition) is 6. The molecule has 0 unspecified atom stereocenters. The number of nitrogen functional groups attached to an aromatic ring is 1. The molecule has 2 rings (SSSR count). The zero-order chi connectivity index (χ0) is 15.4.